The number of anilines is 1. The zero-order chi connectivity index (χ0) is 13.5. The zero-order valence-corrected chi connectivity index (χ0v) is 11.9. The van der Waals surface area contributed by atoms with Crippen molar-refractivity contribution in [2.75, 3.05) is 11.9 Å². The van der Waals surface area contributed by atoms with Crippen LogP contribution in [-0.4, -0.2) is 6.54 Å². The smallest absolute Gasteiger partial charge is 0.0340 e. The molecule has 0 aromatic heterocycles. The van der Waals surface area contributed by atoms with Gasteiger partial charge in [0.15, 0.2) is 0 Å². The first-order valence-corrected chi connectivity index (χ1v) is 7.17. The Morgan fingerprint density at radius 1 is 0.947 bits per heavy atom. The summed E-state index contributed by atoms with van der Waals surface area (Å²) >= 11 is 0. The largest absolute Gasteiger partial charge is 0.385 e. The van der Waals surface area contributed by atoms with Crippen molar-refractivity contribution in [1.82, 2.24) is 0 Å². The number of hydrogen-bond acceptors (Lipinski definition) is 1. The molecule has 1 unspecified atom stereocenters. The maximum atomic E-state index is 3.48. The van der Waals surface area contributed by atoms with Gasteiger partial charge in [0, 0.05) is 12.2 Å². The van der Waals surface area contributed by atoms with E-state index in [9.17, 15) is 0 Å². The Kier molecular flexibility index (Phi) is 5.02. The van der Waals surface area contributed by atoms with Crippen molar-refractivity contribution in [2.45, 2.75) is 32.6 Å². The summed E-state index contributed by atoms with van der Waals surface area (Å²) in [4.78, 5) is 0. The Labute approximate surface area is 116 Å². The highest BCUT2D eigenvalue weighted by Gasteiger charge is 2.02. The molecule has 0 fully saturated rings. The molecule has 0 amide bonds. The highest BCUT2D eigenvalue weighted by atomic mass is 14.9. The molecule has 0 aliphatic carbocycles. The van der Waals surface area contributed by atoms with E-state index in [0.717, 1.165) is 13.0 Å². The molecule has 1 N–H and O–H groups in total. The van der Waals surface area contributed by atoms with Crippen molar-refractivity contribution in [2.24, 2.45) is 0 Å². The predicted molar refractivity (Wildman–Crippen MR) is 83.8 cm³/mol. The summed E-state index contributed by atoms with van der Waals surface area (Å²) in [6.45, 7) is 5.49. The van der Waals surface area contributed by atoms with Gasteiger partial charge in [-0.25, -0.2) is 0 Å². The normalized spacial score (nSPS) is 12.1. The topological polar surface area (TPSA) is 12.0 Å². The second-order valence-corrected chi connectivity index (χ2v) is 5.09. The van der Waals surface area contributed by atoms with Crippen LogP contribution in [-0.2, 0) is 6.42 Å². The summed E-state index contributed by atoms with van der Waals surface area (Å²) in [5.41, 5.74) is 4.02. The summed E-state index contributed by atoms with van der Waals surface area (Å²) in [5, 5.41) is 3.48. The lowest BCUT2D eigenvalue weighted by atomic mass is 9.99. The maximum Gasteiger partial charge on any atom is 0.0340 e. The third-order valence-electron chi connectivity index (χ3n) is 3.68. The molecule has 0 saturated heterocycles. The van der Waals surface area contributed by atoms with Gasteiger partial charge in [-0.05, 0) is 42.0 Å². The molecule has 1 nitrogen and oxygen atoms in total. The Morgan fingerprint density at radius 2 is 1.63 bits per heavy atom. The van der Waals surface area contributed by atoms with E-state index in [1.807, 2.05) is 0 Å². The molecule has 2 aromatic carbocycles. The zero-order valence-electron chi connectivity index (χ0n) is 11.9. The standard InChI is InChI=1S/C18H23N/c1-3-15(2)17-9-11-18(12-10-17)19-14-13-16-7-5-4-6-8-16/h4-12,15,19H,3,13-14H2,1-2H3. The second kappa shape index (κ2) is 6.98. The monoisotopic (exact) mass is 253 g/mol. The summed E-state index contributed by atoms with van der Waals surface area (Å²) in [6.07, 6.45) is 2.26. The molecule has 0 heterocycles. The van der Waals surface area contributed by atoms with E-state index in [1.54, 1.807) is 0 Å². The molecule has 0 spiro atoms. The lowest BCUT2D eigenvalue weighted by molar-refractivity contribution is 0.734. The van der Waals surface area contributed by atoms with Crippen molar-refractivity contribution < 1.29 is 0 Å². The van der Waals surface area contributed by atoms with E-state index in [-0.39, 0.29) is 0 Å². The average molecular weight is 253 g/mol. The summed E-state index contributed by atoms with van der Waals surface area (Å²) < 4.78 is 0. The van der Waals surface area contributed by atoms with Gasteiger partial charge in [-0.15, -0.1) is 0 Å². The Balaban J connectivity index is 1.83. The molecule has 2 rings (SSSR count). The van der Waals surface area contributed by atoms with Crippen molar-refractivity contribution in [3.63, 3.8) is 0 Å². The van der Waals surface area contributed by atoms with Crippen LogP contribution in [0.2, 0.25) is 0 Å². The molecule has 0 aliphatic heterocycles. The van der Waals surface area contributed by atoms with E-state index in [0.29, 0.717) is 5.92 Å². The number of benzene rings is 2. The third kappa shape index (κ3) is 4.13. The van der Waals surface area contributed by atoms with Crippen molar-refractivity contribution in [1.29, 1.82) is 0 Å². The summed E-state index contributed by atoms with van der Waals surface area (Å²) in [7, 11) is 0. The van der Waals surface area contributed by atoms with Gasteiger partial charge in [-0.3, -0.25) is 0 Å². The van der Waals surface area contributed by atoms with Gasteiger partial charge in [0.05, 0.1) is 0 Å². The van der Waals surface area contributed by atoms with E-state index in [1.165, 1.54) is 23.2 Å². The maximum absolute atomic E-state index is 3.48. The van der Waals surface area contributed by atoms with Gasteiger partial charge in [0.25, 0.3) is 0 Å². The van der Waals surface area contributed by atoms with Crippen LogP contribution in [0.25, 0.3) is 0 Å². The van der Waals surface area contributed by atoms with E-state index >= 15 is 0 Å². The van der Waals surface area contributed by atoms with Crippen molar-refractivity contribution in [3.8, 4) is 0 Å². The van der Waals surface area contributed by atoms with Gasteiger partial charge >= 0.3 is 0 Å². The molecule has 100 valence electrons. The minimum absolute atomic E-state index is 0.651. The van der Waals surface area contributed by atoms with Crippen molar-refractivity contribution in [3.05, 3.63) is 65.7 Å². The van der Waals surface area contributed by atoms with Crippen LogP contribution >= 0.6 is 0 Å². The van der Waals surface area contributed by atoms with Crippen LogP contribution in [0.3, 0.4) is 0 Å². The SMILES string of the molecule is CCC(C)c1ccc(NCCc2ccccc2)cc1. The third-order valence-corrected chi connectivity index (χ3v) is 3.68. The first-order valence-electron chi connectivity index (χ1n) is 7.17. The highest BCUT2D eigenvalue weighted by molar-refractivity contribution is 5.45. The first-order chi connectivity index (χ1) is 9.29. The van der Waals surface area contributed by atoms with Crippen molar-refractivity contribution >= 4 is 5.69 Å². The number of rotatable bonds is 6. The van der Waals surface area contributed by atoms with Crippen LogP contribution in [0.5, 0.6) is 0 Å². The second-order valence-electron chi connectivity index (χ2n) is 5.09. The van der Waals surface area contributed by atoms with Crippen LogP contribution in [0.15, 0.2) is 54.6 Å². The summed E-state index contributed by atoms with van der Waals surface area (Å²) in [6, 6.07) is 19.4. The van der Waals surface area contributed by atoms with Gasteiger partial charge < -0.3 is 5.32 Å². The Morgan fingerprint density at radius 3 is 2.26 bits per heavy atom. The molecule has 0 bridgehead atoms. The average Bonchev–Trinajstić information content (AvgIpc) is 2.48. The van der Waals surface area contributed by atoms with Gasteiger partial charge in [0.2, 0.25) is 0 Å². The fraction of sp³-hybridized carbons (Fsp3) is 0.333. The number of nitrogens with one attached hydrogen (secondary N) is 1. The number of hydrogen-bond donors (Lipinski definition) is 1. The first kappa shape index (κ1) is 13.7. The molecule has 2 aromatic rings. The predicted octanol–water partition coefficient (Wildman–Crippen LogP) is 4.85. The lowest BCUT2D eigenvalue weighted by Gasteiger charge is -2.11. The van der Waals surface area contributed by atoms with Gasteiger partial charge in [0.1, 0.15) is 0 Å². The van der Waals surface area contributed by atoms with E-state index < -0.39 is 0 Å². The fourth-order valence-electron chi connectivity index (χ4n) is 2.16. The van der Waals surface area contributed by atoms with E-state index in [4.69, 9.17) is 0 Å². The van der Waals surface area contributed by atoms with Crippen LogP contribution in [0, 0.1) is 0 Å². The molecule has 0 aliphatic rings. The Bertz CT molecular complexity index is 473. The van der Waals surface area contributed by atoms with Crippen LogP contribution in [0.4, 0.5) is 5.69 Å². The highest BCUT2D eigenvalue weighted by Crippen LogP contribution is 2.20. The van der Waals surface area contributed by atoms with Gasteiger partial charge in [-0.2, -0.15) is 0 Å². The fourth-order valence-corrected chi connectivity index (χ4v) is 2.16. The lowest BCUT2D eigenvalue weighted by Crippen LogP contribution is -2.04. The molecule has 19 heavy (non-hydrogen) atoms. The Hall–Kier alpha value is -1.76. The minimum atomic E-state index is 0.651. The molecule has 0 radical (unpaired) electrons. The molecule has 0 saturated carbocycles. The van der Waals surface area contributed by atoms with Crippen LogP contribution < -0.4 is 5.32 Å². The quantitative estimate of drug-likeness (QED) is 0.775. The molecule has 1 heteroatoms. The molecule has 1 atom stereocenters. The molecular formula is C18H23N. The van der Waals surface area contributed by atoms with Gasteiger partial charge in [-0.1, -0.05) is 56.3 Å². The van der Waals surface area contributed by atoms with Crippen LogP contribution in [0.1, 0.15) is 37.3 Å². The van der Waals surface area contributed by atoms with E-state index in [2.05, 4.69) is 73.8 Å². The minimum Gasteiger partial charge on any atom is -0.385 e. The summed E-state index contributed by atoms with van der Waals surface area (Å²) in [5.74, 6) is 0.651. The molecular weight excluding hydrogens is 230 g/mol.